The standard InChI is InChI=1S/C11H14F2N2OS/c1-11(15,10(14)16)4-5-17-9-6-7(12)2-3-8(9)13/h2-3,6H,4-5,15H2,1H3,(H2,14,16). The lowest BCUT2D eigenvalue weighted by Gasteiger charge is -2.19. The molecule has 1 aromatic carbocycles. The largest absolute Gasteiger partial charge is 0.368 e. The number of rotatable bonds is 5. The third-order valence-corrected chi connectivity index (χ3v) is 3.37. The second kappa shape index (κ2) is 5.46. The van der Waals surface area contributed by atoms with Crippen molar-refractivity contribution in [3.05, 3.63) is 29.8 Å². The number of carbonyl (C=O) groups is 1. The predicted molar refractivity (Wildman–Crippen MR) is 63.5 cm³/mol. The van der Waals surface area contributed by atoms with Crippen molar-refractivity contribution in [2.75, 3.05) is 5.75 Å². The molecule has 1 amide bonds. The number of thioether (sulfide) groups is 1. The van der Waals surface area contributed by atoms with E-state index in [-0.39, 0.29) is 4.90 Å². The number of amides is 1. The summed E-state index contributed by atoms with van der Waals surface area (Å²) in [6, 6.07) is 3.22. The first kappa shape index (κ1) is 13.9. The Morgan fingerprint density at radius 3 is 2.71 bits per heavy atom. The summed E-state index contributed by atoms with van der Waals surface area (Å²) in [6.07, 6.45) is 0.295. The molecule has 0 fully saturated rings. The molecule has 1 rings (SSSR count). The molecule has 17 heavy (non-hydrogen) atoms. The van der Waals surface area contributed by atoms with E-state index in [1.807, 2.05) is 0 Å². The normalized spacial score (nSPS) is 14.4. The van der Waals surface area contributed by atoms with E-state index in [1.54, 1.807) is 0 Å². The lowest BCUT2D eigenvalue weighted by molar-refractivity contribution is -0.122. The summed E-state index contributed by atoms with van der Waals surface area (Å²) in [5.41, 5.74) is 9.60. The van der Waals surface area contributed by atoms with E-state index < -0.39 is 23.1 Å². The first-order valence-electron chi connectivity index (χ1n) is 4.99. The maximum atomic E-state index is 13.2. The molecule has 1 atom stereocenters. The van der Waals surface area contributed by atoms with Crippen LogP contribution in [0.4, 0.5) is 8.78 Å². The summed E-state index contributed by atoms with van der Waals surface area (Å²) in [6.45, 7) is 1.51. The fraction of sp³-hybridized carbons (Fsp3) is 0.364. The van der Waals surface area contributed by atoms with Gasteiger partial charge in [0.15, 0.2) is 0 Å². The monoisotopic (exact) mass is 260 g/mol. The molecule has 1 unspecified atom stereocenters. The van der Waals surface area contributed by atoms with Gasteiger partial charge in [-0.2, -0.15) is 0 Å². The van der Waals surface area contributed by atoms with Gasteiger partial charge >= 0.3 is 0 Å². The van der Waals surface area contributed by atoms with E-state index in [1.165, 1.54) is 6.92 Å². The molecule has 4 N–H and O–H groups in total. The average Bonchev–Trinajstić information content (AvgIpc) is 2.22. The number of nitrogens with two attached hydrogens (primary N) is 2. The van der Waals surface area contributed by atoms with E-state index in [4.69, 9.17) is 11.5 Å². The predicted octanol–water partition coefficient (Wildman–Crippen LogP) is 1.65. The Kier molecular flexibility index (Phi) is 4.47. The molecular formula is C11H14F2N2OS. The number of hydrogen-bond donors (Lipinski definition) is 2. The van der Waals surface area contributed by atoms with Gasteiger partial charge < -0.3 is 11.5 Å². The number of primary amides is 1. The molecular weight excluding hydrogens is 246 g/mol. The molecule has 0 saturated heterocycles. The molecule has 3 nitrogen and oxygen atoms in total. The van der Waals surface area contributed by atoms with E-state index in [9.17, 15) is 13.6 Å². The van der Waals surface area contributed by atoms with Crippen molar-refractivity contribution in [3.63, 3.8) is 0 Å². The van der Waals surface area contributed by atoms with Gasteiger partial charge in [0.05, 0.1) is 5.54 Å². The Balaban J connectivity index is 2.57. The molecule has 94 valence electrons. The zero-order chi connectivity index (χ0) is 13.1. The van der Waals surface area contributed by atoms with Crippen LogP contribution in [0.5, 0.6) is 0 Å². The van der Waals surface area contributed by atoms with Gasteiger partial charge in [0, 0.05) is 10.6 Å². The smallest absolute Gasteiger partial charge is 0.237 e. The van der Waals surface area contributed by atoms with Crippen molar-refractivity contribution in [1.82, 2.24) is 0 Å². The zero-order valence-corrected chi connectivity index (χ0v) is 10.2. The van der Waals surface area contributed by atoms with Gasteiger partial charge in [-0.3, -0.25) is 4.79 Å². The molecule has 0 radical (unpaired) electrons. The van der Waals surface area contributed by atoms with E-state index in [0.29, 0.717) is 12.2 Å². The summed E-state index contributed by atoms with van der Waals surface area (Å²) >= 11 is 1.10. The Morgan fingerprint density at radius 2 is 2.12 bits per heavy atom. The van der Waals surface area contributed by atoms with Crippen molar-refractivity contribution >= 4 is 17.7 Å². The van der Waals surface area contributed by atoms with Crippen LogP contribution in [0, 0.1) is 11.6 Å². The molecule has 0 saturated carbocycles. The first-order chi connectivity index (χ1) is 7.83. The number of carbonyl (C=O) groups excluding carboxylic acids is 1. The average molecular weight is 260 g/mol. The Morgan fingerprint density at radius 1 is 1.47 bits per heavy atom. The summed E-state index contributed by atoms with van der Waals surface area (Å²) in [5.74, 6) is -1.22. The molecule has 1 aromatic rings. The van der Waals surface area contributed by atoms with Gasteiger partial charge in [-0.1, -0.05) is 0 Å². The number of benzene rings is 1. The van der Waals surface area contributed by atoms with Gasteiger partial charge in [-0.05, 0) is 31.5 Å². The summed E-state index contributed by atoms with van der Waals surface area (Å²) in [5, 5.41) is 0. The highest BCUT2D eigenvalue weighted by molar-refractivity contribution is 7.99. The minimum atomic E-state index is -1.13. The maximum absolute atomic E-state index is 13.2. The molecule has 0 bridgehead atoms. The Labute approximate surface area is 103 Å². The van der Waals surface area contributed by atoms with Gasteiger partial charge in [0.25, 0.3) is 0 Å². The van der Waals surface area contributed by atoms with Crippen molar-refractivity contribution < 1.29 is 13.6 Å². The van der Waals surface area contributed by atoms with Crippen molar-refractivity contribution in [2.24, 2.45) is 11.5 Å². The summed E-state index contributed by atoms with van der Waals surface area (Å²) in [4.78, 5) is 11.1. The molecule has 0 aromatic heterocycles. The van der Waals surface area contributed by atoms with Gasteiger partial charge in [-0.25, -0.2) is 8.78 Å². The summed E-state index contributed by atoms with van der Waals surface area (Å²) in [7, 11) is 0. The molecule has 0 spiro atoms. The number of halogens is 2. The lowest BCUT2D eigenvalue weighted by atomic mass is 10.0. The highest BCUT2D eigenvalue weighted by Gasteiger charge is 2.25. The Hall–Kier alpha value is -1.14. The fourth-order valence-electron chi connectivity index (χ4n) is 1.08. The van der Waals surface area contributed by atoms with Gasteiger partial charge in [0.1, 0.15) is 11.6 Å². The third-order valence-electron chi connectivity index (χ3n) is 2.34. The maximum Gasteiger partial charge on any atom is 0.237 e. The quantitative estimate of drug-likeness (QED) is 0.791. The second-order valence-corrected chi connectivity index (χ2v) is 5.09. The van der Waals surface area contributed by atoms with Crippen LogP contribution in [-0.4, -0.2) is 17.2 Å². The van der Waals surface area contributed by atoms with Crippen LogP contribution in [-0.2, 0) is 4.79 Å². The number of hydrogen-bond acceptors (Lipinski definition) is 3. The molecule has 0 aliphatic heterocycles. The van der Waals surface area contributed by atoms with Crippen LogP contribution in [0.15, 0.2) is 23.1 Å². The zero-order valence-electron chi connectivity index (χ0n) is 9.37. The van der Waals surface area contributed by atoms with Crippen LogP contribution in [0.2, 0.25) is 0 Å². The van der Waals surface area contributed by atoms with Crippen LogP contribution < -0.4 is 11.5 Å². The van der Waals surface area contributed by atoms with Crippen LogP contribution in [0.25, 0.3) is 0 Å². The first-order valence-corrected chi connectivity index (χ1v) is 5.98. The Bertz CT molecular complexity index is 424. The van der Waals surface area contributed by atoms with E-state index in [0.717, 1.165) is 30.0 Å². The second-order valence-electron chi connectivity index (χ2n) is 3.95. The van der Waals surface area contributed by atoms with Crippen LogP contribution in [0.1, 0.15) is 13.3 Å². The third kappa shape index (κ3) is 3.98. The van der Waals surface area contributed by atoms with Gasteiger partial charge in [0.2, 0.25) is 5.91 Å². The molecule has 0 heterocycles. The lowest BCUT2D eigenvalue weighted by Crippen LogP contribution is -2.49. The highest BCUT2D eigenvalue weighted by Crippen LogP contribution is 2.24. The molecule has 0 aliphatic carbocycles. The van der Waals surface area contributed by atoms with Crippen LogP contribution in [0.3, 0.4) is 0 Å². The topological polar surface area (TPSA) is 69.1 Å². The fourth-order valence-corrected chi connectivity index (χ4v) is 2.23. The van der Waals surface area contributed by atoms with Crippen molar-refractivity contribution in [1.29, 1.82) is 0 Å². The minimum Gasteiger partial charge on any atom is -0.368 e. The molecule has 6 heteroatoms. The van der Waals surface area contributed by atoms with E-state index in [2.05, 4.69) is 0 Å². The van der Waals surface area contributed by atoms with Gasteiger partial charge in [-0.15, -0.1) is 11.8 Å². The summed E-state index contributed by atoms with van der Waals surface area (Å²) < 4.78 is 26.1. The molecule has 0 aliphatic rings. The SMILES string of the molecule is CC(N)(CCSc1cc(F)ccc1F)C(N)=O. The minimum absolute atomic E-state index is 0.199. The van der Waals surface area contributed by atoms with Crippen molar-refractivity contribution in [2.45, 2.75) is 23.8 Å². The highest BCUT2D eigenvalue weighted by atomic mass is 32.2. The van der Waals surface area contributed by atoms with E-state index >= 15 is 0 Å². The van der Waals surface area contributed by atoms with Crippen molar-refractivity contribution in [3.8, 4) is 0 Å². The van der Waals surface area contributed by atoms with Crippen LogP contribution >= 0.6 is 11.8 Å².